The van der Waals surface area contributed by atoms with Crippen molar-refractivity contribution in [3.05, 3.63) is 101 Å². The van der Waals surface area contributed by atoms with Gasteiger partial charge in [-0.25, -0.2) is 0 Å². The normalized spacial score (nSPS) is 12.4. The molecular weight excluding hydrogens is 476 g/mol. The van der Waals surface area contributed by atoms with E-state index in [9.17, 15) is 14.4 Å². The van der Waals surface area contributed by atoms with Crippen LogP contribution >= 0.6 is 11.6 Å². The SMILES string of the molecule is CC(C)C[C@H](NC(=O)c1cc(Cl)ccc1OCc1ccccc1)C(=O)N[C@H](C=O)Cc1ccccc1. The molecule has 0 spiro atoms. The van der Waals surface area contributed by atoms with Gasteiger partial charge in [0.25, 0.3) is 5.91 Å². The van der Waals surface area contributed by atoms with Crippen LogP contribution in [0.15, 0.2) is 78.9 Å². The molecule has 2 amide bonds. The second-order valence-corrected chi connectivity index (χ2v) is 9.45. The summed E-state index contributed by atoms with van der Waals surface area (Å²) in [4.78, 5) is 38.1. The number of carbonyl (C=O) groups excluding carboxylic acids is 3. The standard InChI is InChI=1S/C29H31ClN2O4/c1-20(2)15-26(29(35)31-24(18-33)16-21-9-5-3-6-10-21)32-28(34)25-17-23(30)13-14-27(25)36-19-22-11-7-4-8-12-22/h3-14,17-18,20,24,26H,15-16,19H2,1-2H3,(H,31,35)(H,32,34)/t24-,26-/m0/s1. The van der Waals surface area contributed by atoms with E-state index in [-0.39, 0.29) is 18.1 Å². The number of hydrogen-bond donors (Lipinski definition) is 2. The second-order valence-electron chi connectivity index (χ2n) is 9.01. The Morgan fingerprint density at radius 3 is 2.17 bits per heavy atom. The molecule has 0 saturated carbocycles. The summed E-state index contributed by atoms with van der Waals surface area (Å²) < 4.78 is 5.90. The van der Waals surface area contributed by atoms with Crippen molar-refractivity contribution in [2.75, 3.05) is 0 Å². The highest BCUT2D eigenvalue weighted by atomic mass is 35.5. The third-order valence-corrected chi connectivity index (χ3v) is 5.78. The molecule has 7 heteroatoms. The van der Waals surface area contributed by atoms with Gasteiger partial charge in [-0.05, 0) is 48.1 Å². The van der Waals surface area contributed by atoms with Gasteiger partial charge in [-0.15, -0.1) is 0 Å². The fourth-order valence-electron chi connectivity index (χ4n) is 3.76. The maximum Gasteiger partial charge on any atom is 0.255 e. The molecule has 0 aliphatic rings. The summed E-state index contributed by atoms with van der Waals surface area (Å²) in [7, 11) is 0. The lowest BCUT2D eigenvalue weighted by atomic mass is 10.0. The molecule has 0 bridgehead atoms. The van der Waals surface area contributed by atoms with Crippen LogP contribution in [0.1, 0.15) is 41.8 Å². The number of carbonyl (C=O) groups is 3. The van der Waals surface area contributed by atoms with Gasteiger partial charge in [0, 0.05) is 5.02 Å². The van der Waals surface area contributed by atoms with Gasteiger partial charge in [0.05, 0.1) is 11.6 Å². The quantitative estimate of drug-likeness (QED) is 0.339. The van der Waals surface area contributed by atoms with Gasteiger partial charge in [-0.1, -0.05) is 86.1 Å². The molecule has 0 fully saturated rings. The predicted molar refractivity (Wildman–Crippen MR) is 141 cm³/mol. The van der Waals surface area contributed by atoms with Gasteiger partial charge in [-0.2, -0.15) is 0 Å². The Kier molecular flexibility index (Phi) is 10.1. The van der Waals surface area contributed by atoms with E-state index in [0.29, 0.717) is 29.9 Å². The van der Waals surface area contributed by atoms with Crippen LogP contribution in [-0.4, -0.2) is 30.2 Å². The number of amides is 2. The van der Waals surface area contributed by atoms with Crippen LogP contribution in [-0.2, 0) is 22.6 Å². The third kappa shape index (κ3) is 8.24. The van der Waals surface area contributed by atoms with E-state index in [0.717, 1.165) is 11.1 Å². The van der Waals surface area contributed by atoms with E-state index in [4.69, 9.17) is 16.3 Å². The minimum Gasteiger partial charge on any atom is -0.488 e. The molecule has 0 unspecified atom stereocenters. The average molecular weight is 507 g/mol. The molecule has 36 heavy (non-hydrogen) atoms. The molecule has 3 aromatic rings. The zero-order valence-corrected chi connectivity index (χ0v) is 21.2. The fourth-order valence-corrected chi connectivity index (χ4v) is 3.94. The summed E-state index contributed by atoms with van der Waals surface area (Å²) in [5.74, 6) is -0.414. The van der Waals surface area contributed by atoms with Crippen molar-refractivity contribution in [3.63, 3.8) is 0 Å². The van der Waals surface area contributed by atoms with E-state index in [2.05, 4.69) is 10.6 Å². The van der Waals surface area contributed by atoms with Gasteiger partial charge in [0.1, 0.15) is 24.7 Å². The molecule has 0 radical (unpaired) electrons. The number of halogens is 1. The highest BCUT2D eigenvalue weighted by Gasteiger charge is 2.26. The molecule has 0 saturated heterocycles. The van der Waals surface area contributed by atoms with Crippen molar-refractivity contribution in [2.24, 2.45) is 5.92 Å². The Hall–Kier alpha value is -3.64. The number of rotatable bonds is 12. The fraction of sp³-hybridized carbons (Fsp3) is 0.276. The van der Waals surface area contributed by atoms with Gasteiger partial charge >= 0.3 is 0 Å². The first kappa shape index (κ1) is 27.0. The molecule has 188 valence electrons. The summed E-state index contributed by atoms with van der Waals surface area (Å²) in [6.07, 6.45) is 1.48. The van der Waals surface area contributed by atoms with E-state index in [1.807, 2.05) is 74.5 Å². The third-order valence-electron chi connectivity index (χ3n) is 5.54. The lowest BCUT2D eigenvalue weighted by Gasteiger charge is -2.23. The maximum absolute atomic E-state index is 13.3. The predicted octanol–water partition coefficient (Wildman–Crippen LogP) is 4.99. The Labute approximate surface area is 217 Å². The van der Waals surface area contributed by atoms with Gasteiger partial charge in [0.15, 0.2) is 0 Å². The number of nitrogens with one attached hydrogen (secondary N) is 2. The number of benzene rings is 3. The number of hydrogen-bond acceptors (Lipinski definition) is 4. The lowest BCUT2D eigenvalue weighted by Crippen LogP contribution is -2.51. The molecule has 0 heterocycles. The molecule has 0 aromatic heterocycles. The van der Waals surface area contributed by atoms with Gasteiger partial charge in [0.2, 0.25) is 5.91 Å². The van der Waals surface area contributed by atoms with E-state index in [1.165, 1.54) is 6.07 Å². The van der Waals surface area contributed by atoms with Crippen LogP contribution in [0.25, 0.3) is 0 Å². The highest BCUT2D eigenvalue weighted by molar-refractivity contribution is 6.31. The van der Waals surface area contributed by atoms with E-state index >= 15 is 0 Å². The van der Waals surface area contributed by atoms with Crippen LogP contribution < -0.4 is 15.4 Å². The minimum absolute atomic E-state index is 0.123. The number of aldehydes is 1. The highest BCUT2D eigenvalue weighted by Crippen LogP contribution is 2.24. The Bertz CT molecular complexity index is 1150. The van der Waals surface area contributed by atoms with Crippen molar-refractivity contribution in [1.82, 2.24) is 10.6 Å². The topological polar surface area (TPSA) is 84.5 Å². The van der Waals surface area contributed by atoms with Crippen molar-refractivity contribution in [1.29, 1.82) is 0 Å². The smallest absolute Gasteiger partial charge is 0.255 e. The van der Waals surface area contributed by atoms with E-state index in [1.54, 1.807) is 12.1 Å². The van der Waals surface area contributed by atoms with Crippen LogP contribution in [0.4, 0.5) is 0 Å². The second kappa shape index (κ2) is 13.4. The van der Waals surface area contributed by atoms with Crippen LogP contribution in [0.2, 0.25) is 5.02 Å². The first-order valence-corrected chi connectivity index (χ1v) is 12.3. The van der Waals surface area contributed by atoms with Crippen molar-refractivity contribution < 1.29 is 19.1 Å². The number of ether oxygens (including phenoxy) is 1. The average Bonchev–Trinajstić information content (AvgIpc) is 2.88. The van der Waals surface area contributed by atoms with Crippen LogP contribution in [0, 0.1) is 5.92 Å². The lowest BCUT2D eigenvalue weighted by molar-refractivity contribution is -0.126. The van der Waals surface area contributed by atoms with Crippen LogP contribution in [0.5, 0.6) is 5.75 Å². The summed E-state index contributed by atoms with van der Waals surface area (Å²) in [6.45, 7) is 4.20. The molecule has 2 N–H and O–H groups in total. The molecule has 0 aliphatic heterocycles. The minimum atomic E-state index is -0.836. The van der Waals surface area contributed by atoms with Gasteiger partial charge < -0.3 is 20.2 Å². The first-order chi connectivity index (χ1) is 17.4. The zero-order chi connectivity index (χ0) is 25.9. The summed E-state index contributed by atoms with van der Waals surface area (Å²) in [6, 6.07) is 22.3. The Morgan fingerprint density at radius 1 is 0.917 bits per heavy atom. The van der Waals surface area contributed by atoms with Crippen molar-refractivity contribution in [2.45, 2.75) is 45.4 Å². The van der Waals surface area contributed by atoms with Crippen molar-refractivity contribution in [3.8, 4) is 5.75 Å². The zero-order valence-electron chi connectivity index (χ0n) is 20.4. The molecular formula is C29H31ClN2O4. The Morgan fingerprint density at radius 2 is 1.56 bits per heavy atom. The molecule has 6 nitrogen and oxygen atoms in total. The summed E-state index contributed by atoms with van der Waals surface area (Å²) >= 11 is 6.17. The summed E-state index contributed by atoms with van der Waals surface area (Å²) in [5.41, 5.74) is 2.11. The molecule has 2 atom stereocenters. The van der Waals surface area contributed by atoms with Gasteiger partial charge in [-0.3, -0.25) is 9.59 Å². The molecule has 0 aliphatic carbocycles. The van der Waals surface area contributed by atoms with Crippen molar-refractivity contribution >= 4 is 29.7 Å². The monoisotopic (exact) mass is 506 g/mol. The molecule has 3 aromatic carbocycles. The maximum atomic E-state index is 13.3. The molecule has 3 rings (SSSR count). The Balaban J connectivity index is 1.73. The first-order valence-electron chi connectivity index (χ1n) is 11.9. The van der Waals surface area contributed by atoms with Crippen LogP contribution in [0.3, 0.4) is 0 Å². The van der Waals surface area contributed by atoms with E-state index < -0.39 is 23.9 Å². The summed E-state index contributed by atoms with van der Waals surface area (Å²) in [5, 5.41) is 5.96. The largest absolute Gasteiger partial charge is 0.488 e.